The number of fused-ring (bicyclic) bond motifs is 1. The van der Waals surface area contributed by atoms with Crippen molar-refractivity contribution < 1.29 is 9.18 Å². The Morgan fingerprint density at radius 3 is 2.60 bits per heavy atom. The van der Waals surface area contributed by atoms with Crippen LogP contribution < -0.4 is 10.2 Å². The van der Waals surface area contributed by atoms with Crippen molar-refractivity contribution in [2.24, 2.45) is 0 Å². The van der Waals surface area contributed by atoms with Crippen LogP contribution in [0.15, 0.2) is 42.5 Å². The van der Waals surface area contributed by atoms with Crippen LogP contribution in [-0.2, 0) is 4.79 Å². The summed E-state index contributed by atoms with van der Waals surface area (Å²) in [5.74, 6) is -0.0505. The van der Waals surface area contributed by atoms with E-state index in [1.165, 1.54) is 50.2 Å². The highest BCUT2D eigenvalue weighted by Crippen LogP contribution is 2.27. The summed E-state index contributed by atoms with van der Waals surface area (Å²) in [6, 6.07) is 10.6. The largest absolute Gasteiger partial charge is 0.341 e. The normalized spacial score (nSPS) is 17.5. The number of likely N-dealkylation sites (tertiary alicyclic amines) is 1. The summed E-state index contributed by atoms with van der Waals surface area (Å²) in [5.41, 5.74) is 2.66. The Morgan fingerprint density at radius 2 is 1.86 bits per heavy atom. The Bertz CT molecular complexity index is 1270. The van der Waals surface area contributed by atoms with E-state index < -0.39 is 5.82 Å². The molecule has 0 saturated carbocycles. The lowest BCUT2D eigenvalue weighted by molar-refractivity contribution is -0.111. The average molecular weight is 494 g/mol. The molecule has 5 rings (SSSR count). The minimum Gasteiger partial charge on any atom is -0.341 e. The second-order valence-corrected chi connectivity index (χ2v) is 9.73. The maximum Gasteiger partial charge on any atom is 0.248 e. The Labute approximate surface area is 209 Å². The number of hydrogen-bond donors (Lipinski definition) is 1. The summed E-state index contributed by atoms with van der Waals surface area (Å²) < 4.78 is 13.9. The summed E-state index contributed by atoms with van der Waals surface area (Å²) in [7, 11) is 0. The predicted octanol–water partition coefficient (Wildman–Crippen LogP) is 5.45. The summed E-state index contributed by atoms with van der Waals surface area (Å²) in [5, 5.41) is 4.03. The number of carbonyl (C=O) groups excluding carboxylic acids is 1. The van der Waals surface area contributed by atoms with Crippen molar-refractivity contribution in [2.75, 3.05) is 36.4 Å². The summed E-state index contributed by atoms with van der Waals surface area (Å²) in [4.78, 5) is 26.9. The molecule has 3 heterocycles. The number of rotatable bonds is 5. The first-order valence-corrected chi connectivity index (χ1v) is 12.6. The molecule has 1 aromatic heterocycles. The molecular weight excluding hydrogens is 465 g/mol. The van der Waals surface area contributed by atoms with E-state index in [-0.39, 0.29) is 5.91 Å². The molecule has 0 aliphatic carbocycles. The van der Waals surface area contributed by atoms with Gasteiger partial charge in [-0.25, -0.2) is 14.4 Å². The summed E-state index contributed by atoms with van der Waals surface area (Å²) in [6.45, 7) is 6.40. The van der Waals surface area contributed by atoms with Crippen LogP contribution in [0.25, 0.3) is 17.0 Å². The third-order valence-corrected chi connectivity index (χ3v) is 7.16. The molecule has 0 radical (unpaired) electrons. The second-order valence-electron chi connectivity index (χ2n) is 9.29. The van der Waals surface area contributed by atoms with Crippen molar-refractivity contribution in [1.82, 2.24) is 14.9 Å². The Kier molecular flexibility index (Phi) is 6.97. The van der Waals surface area contributed by atoms with Crippen molar-refractivity contribution in [1.29, 1.82) is 0 Å². The van der Waals surface area contributed by atoms with Gasteiger partial charge in [-0.2, -0.15) is 0 Å². The molecule has 6 nitrogen and oxygen atoms in total. The molecule has 0 bridgehead atoms. The maximum absolute atomic E-state index is 13.9. The van der Waals surface area contributed by atoms with E-state index in [1.54, 1.807) is 6.07 Å². The maximum atomic E-state index is 13.9. The molecule has 0 unspecified atom stereocenters. The number of carbonyl (C=O) groups is 1. The van der Waals surface area contributed by atoms with Gasteiger partial charge < -0.3 is 15.1 Å². The van der Waals surface area contributed by atoms with Gasteiger partial charge in [-0.15, -0.1) is 0 Å². The van der Waals surface area contributed by atoms with Crippen molar-refractivity contribution in [3.05, 3.63) is 64.6 Å². The predicted molar refractivity (Wildman–Crippen MR) is 139 cm³/mol. The molecule has 1 N–H and O–H groups in total. The van der Waals surface area contributed by atoms with E-state index in [0.717, 1.165) is 48.5 Å². The first kappa shape index (κ1) is 23.7. The summed E-state index contributed by atoms with van der Waals surface area (Å²) in [6.07, 6.45) is 7.68. The highest BCUT2D eigenvalue weighted by molar-refractivity contribution is 6.30. The molecule has 35 heavy (non-hydrogen) atoms. The number of piperidine rings is 1. The molecule has 1 amide bonds. The van der Waals surface area contributed by atoms with Crippen LogP contribution in [0.1, 0.15) is 36.9 Å². The lowest BCUT2D eigenvalue weighted by Crippen LogP contribution is -2.44. The van der Waals surface area contributed by atoms with Gasteiger partial charge in [0.15, 0.2) is 0 Å². The van der Waals surface area contributed by atoms with Crippen molar-refractivity contribution in [3.63, 3.8) is 0 Å². The lowest BCUT2D eigenvalue weighted by Gasteiger charge is -2.36. The molecule has 2 aliphatic heterocycles. The van der Waals surface area contributed by atoms with Gasteiger partial charge in [0, 0.05) is 46.9 Å². The quantitative estimate of drug-likeness (QED) is 0.479. The SMILES string of the molecule is Cc1nc(N2CCC(N3CCCC3)CC2)nc2ccc(NC(=O)C=Cc3ccc(Cl)cc3F)cc12. The van der Waals surface area contributed by atoms with Gasteiger partial charge in [-0.3, -0.25) is 4.79 Å². The van der Waals surface area contributed by atoms with Gasteiger partial charge in [0.05, 0.1) is 11.2 Å². The zero-order valence-electron chi connectivity index (χ0n) is 19.8. The molecule has 2 fully saturated rings. The van der Waals surface area contributed by atoms with Crippen LogP contribution in [0.4, 0.5) is 16.0 Å². The van der Waals surface area contributed by atoms with E-state index >= 15 is 0 Å². The number of hydrogen-bond acceptors (Lipinski definition) is 5. The molecular formula is C27H29ClFN5O. The zero-order valence-corrected chi connectivity index (χ0v) is 20.6. The number of halogens is 2. The molecule has 2 aliphatic rings. The average Bonchev–Trinajstić information content (AvgIpc) is 3.39. The fourth-order valence-corrected chi connectivity index (χ4v) is 5.17. The number of nitrogens with one attached hydrogen (secondary N) is 1. The molecule has 0 spiro atoms. The second kappa shape index (κ2) is 10.3. The molecule has 182 valence electrons. The van der Waals surface area contributed by atoms with Crippen LogP contribution >= 0.6 is 11.6 Å². The van der Waals surface area contributed by atoms with Gasteiger partial charge in [0.25, 0.3) is 0 Å². The third-order valence-electron chi connectivity index (χ3n) is 6.92. The first-order chi connectivity index (χ1) is 17.0. The minimum atomic E-state index is -0.476. The number of benzene rings is 2. The van der Waals surface area contributed by atoms with Gasteiger partial charge in [-0.1, -0.05) is 17.7 Å². The number of aryl methyl sites for hydroxylation is 1. The Balaban J connectivity index is 1.25. The van der Waals surface area contributed by atoms with Gasteiger partial charge in [0.2, 0.25) is 11.9 Å². The smallest absolute Gasteiger partial charge is 0.248 e. The number of anilines is 2. The highest BCUT2D eigenvalue weighted by Gasteiger charge is 2.27. The molecule has 0 atom stereocenters. The van der Waals surface area contributed by atoms with E-state index in [9.17, 15) is 9.18 Å². The van der Waals surface area contributed by atoms with Crippen LogP contribution in [0.3, 0.4) is 0 Å². The fraction of sp³-hybridized carbons (Fsp3) is 0.370. The Morgan fingerprint density at radius 1 is 1.09 bits per heavy atom. The number of amides is 1. The van der Waals surface area contributed by atoms with E-state index in [4.69, 9.17) is 21.6 Å². The third kappa shape index (κ3) is 5.46. The van der Waals surface area contributed by atoms with Crippen LogP contribution in [0.2, 0.25) is 5.02 Å². The molecule has 8 heteroatoms. The van der Waals surface area contributed by atoms with Crippen LogP contribution in [0, 0.1) is 12.7 Å². The standard InChI is InChI=1S/C27H29ClFN5O/c1-18-23-17-21(31-26(35)9-5-19-4-6-20(28)16-24(19)29)7-8-25(23)32-27(30-18)34-14-10-22(11-15-34)33-12-2-3-13-33/h4-9,16-17,22H,2-3,10-15H2,1H3,(H,31,35). The highest BCUT2D eigenvalue weighted by atomic mass is 35.5. The van der Waals surface area contributed by atoms with Crippen LogP contribution in [-0.4, -0.2) is 53.0 Å². The zero-order chi connectivity index (χ0) is 24.4. The molecule has 3 aromatic rings. The van der Waals surface area contributed by atoms with E-state index in [0.29, 0.717) is 22.3 Å². The van der Waals surface area contributed by atoms with Crippen molar-refractivity contribution >= 4 is 46.1 Å². The number of nitrogens with zero attached hydrogens (tertiary/aromatic N) is 4. The van der Waals surface area contributed by atoms with Gasteiger partial charge >= 0.3 is 0 Å². The first-order valence-electron chi connectivity index (χ1n) is 12.2. The van der Waals surface area contributed by atoms with Crippen LogP contribution in [0.5, 0.6) is 0 Å². The lowest BCUT2D eigenvalue weighted by atomic mass is 10.0. The van der Waals surface area contributed by atoms with Gasteiger partial charge in [-0.05, 0) is 82.1 Å². The monoisotopic (exact) mass is 493 g/mol. The van der Waals surface area contributed by atoms with E-state index in [2.05, 4.69) is 15.1 Å². The Hall–Kier alpha value is -3.03. The van der Waals surface area contributed by atoms with Crippen molar-refractivity contribution in [2.45, 2.75) is 38.6 Å². The van der Waals surface area contributed by atoms with Crippen molar-refractivity contribution in [3.8, 4) is 0 Å². The topological polar surface area (TPSA) is 61.4 Å². The summed E-state index contributed by atoms with van der Waals surface area (Å²) >= 11 is 5.77. The van der Waals surface area contributed by atoms with Gasteiger partial charge in [0.1, 0.15) is 5.82 Å². The van der Waals surface area contributed by atoms with E-state index in [1.807, 2.05) is 25.1 Å². The minimum absolute atomic E-state index is 0.296. The molecule has 2 saturated heterocycles. The molecule has 2 aromatic carbocycles. The number of aromatic nitrogens is 2. The fourth-order valence-electron chi connectivity index (χ4n) is 5.01.